The molecule has 0 unspecified atom stereocenters. The summed E-state index contributed by atoms with van der Waals surface area (Å²) in [5.41, 5.74) is 5.16. The maximum absolute atomic E-state index is 12.6. The van der Waals surface area contributed by atoms with E-state index in [9.17, 15) is 9.59 Å². The second-order valence-corrected chi connectivity index (χ2v) is 9.42. The third kappa shape index (κ3) is 5.17. The number of ether oxygens (including phenoxy) is 2. The molecular formula is C24H24BrNO4S. The van der Waals surface area contributed by atoms with Crippen LogP contribution in [0.5, 0.6) is 5.75 Å². The number of esters is 1. The van der Waals surface area contributed by atoms with Crippen molar-refractivity contribution in [3.05, 3.63) is 68.0 Å². The van der Waals surface area contributed by atoms with Gasteiger partial charge in [-0.25, -0.2) is 4.79 Å². The van der Waals surface area contributed by atoms with E-state index in [2.05, 4.69) is 27.3 Å². The topological polar surface area (TPSA) is 64.6 Å². The minimum atomic E-state index is -0.497. The molecule has 162 valence electrons. The molecular weight excluding hydrogens is 478 g/mol. The van der Waals surface area contributed by atoms with E-state index >= 15 is 0 Å². The number of halogens is 1. The fourth-order valence-electron chi connectivity index (χ4n) is 3.35. The summed E-state index contributed by atoms with van der Waals surface area (Å²) in [6.45, 7) is 7.72. The molecule has 0 bridgehead atoms. The summed E-state index contributed by atoms with van der Waals surface area (Å²) in [5.74, 6) is -0.158. The van der Waals surface area contributed by atoms with Gasteiger partial charge in [-0.1, -0.05) is 34.1 Å². The molecule has 1 N–H and O–H groups in total. The number of carbonyl (C=O) groups is 2. The van der Waals surface area contributed by atoms with E-state index < -0.39 is 5.97 Å². The van der Waals surface area contributed by atoms with Crippen molar-refractivity contribution in [3.63, 3.8) is 0 Å². The molecule has 0 fully saturated rings. The monoisotopic (exact) mass is 501 g/mol. The number of methoxy groups -OCH3 is 1. The fourth-order valence-corrected chi connectivity index (χ4v) is 4.70. The molecule has 2 aromatic carbocycles. The van der Waals surface area contributed by atoms with Gasteiger partial charge in [0.2, 0.25) is 0 Å². The molecule has 1 amide bonds. The van der Waals surface area contributed by atoms with Crippen molar-refractivity contribution in [2.75, 3.05) is 19.0 Å². The number of anilines is 1. The standard InChI is InChI=1S/C24H24BrNO4S/c1-13-10-14(2)15(3)19(11-13)30-12-20(27)26-23-22(24(28)29-5)21(16(4)31-23)17-6-8-18(25)9-7-17/h6-11H,12H2,1-5H3,(H,26,27). The maximum Gasteiger partial charge on any atom is 0.341 e. The molecule has 3 aromatic rings. The van der Waals surface area contributed by atoms with Gasteiger partial charge >= 0.3 is 5.97 Å². The molecule has 0 radical (unpaired) electrons. The van der Waals surface area contributed by atoms with Crippen LogP contribution in [0.3, 0.4) is 0 Å². The van der Waals surface area contributed by atoms with E-state index in [1.54, 1.807) is 0 Å². The number of nitrogens with one attached hydrogen (secondary N) is 1. The third-order valence-electron chi connectivity index (χ3n) is 4.98. The number of hydrogen-bond donors (Lipinski definition) is 1. The largest absolute Gasteiger partial charge is 0.483 e. The van der Waals surface area contributed by atoms with Crippen LogP contribution in [-0.4, -0.2) is 25.6 Å². The van der Waals surface area contributed by atoms with Crippen LogP contribution in [0.15, 0.2) is 40.9 Å². The van der Waals surface area contributed by atoms with Crippen molar-refractivity contribution in [1.82, 2.24) is 0 Å². The number of hydrogen-bond acceptors (Lipinski definition) is 5. The summed E-state index contributed by atoms with van der Waals surface area (Å²) >= 11 is 4.77. The molecule has 0 aliphatic rings. The average molecular weight is 502 g/mol. The Bertz CT molecular complexity index is 1140. The summed E-state index contributed by atoms with van der Waals surface area (Å²) in [4.78, 5) is 26.1. The molecule has 0 atom stereocenters. The summed E-state index contributed by atoms with van der Waals surface area (Å²) in [5, 5.41) is 3.28. The first-order valence-corrected chi connectivity index (χ1v) is 11.3. The van der Waals surface area contributed by atoms with E-state index in [1.807, 2.05) is 58.0 Å². The number of aryl methyl sites for hydroxylation is 3. The van der Waals surface area contributed by atoms with E-state index in [0.717, 1.165) is 37.2 Å². The number of carbonyl (C=O) groups excluding carboxylic acids is 2. The fraction of sp³-hybridized carbons (Fsp3) is 0.250. The molecule has 0 aliphatic carbocycles. The molecule has 0 saturated carbocycles. The zero-order valence-corrected chi connectivity index (χ0v) is 20.5. The lowest BCUT2D eigenvalue weighted by Gasteiger charge is -2.12. The summed E-state index contributed by atoms with van der Waals surface area (Å²) in [6.07, 6.45) is 0. The Morgan fingerprint density at radius 3 is 2.39 bits per heavy atom. The van der Waals surface area contributed by atoms with E-state index in [0.29, 0.717) is 16.3 Å². The summed E-state index contributed by atoms with van der Waals surface area (Å²) in [6, 6.07) is 11.6. The molecule has 31 heavy (non-hydrogen) atoms. The quantitative estimate of drug-likeness (QED) is 0.407. The zero-order valence-electron chi connectivity index (χ0n) is 18.1. The van der Waals surface area contributed by atoms with Crippen LogP contribution in [0.25, 0.3) is 11.1 Å². The minimum Gasteiger partial charge on any atom is -0.483 e. The molecule has 7 heteroatoms. The smallest absolute Gasteiger partial charge is 0.341 e. The van der Waals surface area contributed by atoms with Crippen LogP contribution in [0.2, 0.25) is 0 Å². The highest BCUT2D eigenvalue weighted by molar-refractivity contribution is 9.10. The van der Waals surface area contributed by atoms with Crippen molar-refractivity contribution >= 4 is 44.1 Å². The Hall–Kier alpha value is -2.64. The molecule has 0 spiro atoms. The van der Waals surface area contributed by atoms with Crippen LogP contribution in [0.4, 0.5) is 5.00 Å². The van der Waals surface area contributed by atoms with Gasteiger partial charge in [0.25, 0.3) is 5.91 Å². The lowest BCUT2D eigenvalue weighted by Crippen LogP contribution is -2.21. The second kappa shape index (κ2) is 9.66. The Kier molecular flexibility index (Phi) is 7.18. The molecule has 1 heterocycles. The molecule has 3 rings (SSSR count). The summed E-state index contributed by atoms with van der Waals surface area (Å²) < 4.78 is 11.7. The molecule has 0 saturated heterocycles. The number of thiophene rings is 1. The van der Waals surface area contributed by atoms with Crippen molar-refractivity contribution in [2.45, 2.75) is 27.7 Å². The van der Waals surface area contributed by atoms with Gasteiger partial charge in [-0.15, -0.1) is 11.3 Å². The normalized spacial score (nSPS) is 10.6. The van der Waals surface area contributed by atoms with Crippen molar-refractivity contribution < 1.29 is 19.1 Å². The lowest BCUT2D eigenvalue weighted by atomic mass is 10.0. The third-order valence-corrected chi connectivity index (χ3v) is 6.53. The maximum atomic E-state index is 12.6. The molecule has 1 aromatic heterocycles. The number of rotatable bonds is 6. The van der Waals surface area contributed by atoms with Crippen LogP contribution in [0.1, 0.15) is 31.9 Å². The zero-order chi connectivity index (χ0) is 22.7. The van der Waals surface area contributed by atoms with E-state index in [1.165, 1.54) is 18.4 Å². The van der Waals surface area contributed by atoms with Crippen molar-refractivity contribution in [2.24, 2.45) is 0 Å². The first kappa shape index (κ1) is 23.0. The highest BCUT2D eigenvalue weighted by Gasteiger charge is 2.25. The lowest BCUT2D eigenvalue weighted by molar-refractivity contribution is -0.118. The van der Waals surface area contributed by atoms with Crippen LogP contribution < -0.4 is 10.1 Å². The van der Waals surface area contributed by atoms with Gasteiger partial charge in [0.15, 0.2) is 6.61 Å². The predicted octanol–water partition coefficient (Wildman–Crippen LogP) is 6.22. The Morgan fingerprint density at radius 2 is 1.74 bits per heavy atom. The minimum absolute atomic E-state index is 0.158. The highest BCUT2D eigenvalue weighted by Crippen LogP contribution is 2.40. The van der Waals surface area contributed by atoms with Gasteiger partial charge in [0, 0.05) is 14.9 Å². The number of amides is 1. The molecule has 5 nitrogen and oxygen atoms in total. The van der Waals surface area contributed by atoms with Gasteiger partial charge in [-0.05, 0) is 68.1 Å². The molecule has 0 aliphatic heterocycles. The Balaban J connectivity index is 1.86. The second-order valence-electron chi connectivity index (χ2n) is 7.28. The van der Waals surface area contributed by atoms with E-state index in [4.69, 9.17) is 9.47 Å². The van der Waals surface area contributed by atoms with Gasteiger partial charge in [-0.2, -0.15) is 0 Å². The van der Waals surface area contributed by atoms with E-state index in [-0.39, 0.29) is 12.5 Å². The van der Waals surface area contributed by atoms with Crippen LogP contribution >= 0.6 is 27.3 Å². The van der Waals surface area contributed by atoms with Gasteiger partial charge in [0.1, 0.15) is 16.3 Å². The Morgan fingerprint density at radius 1 is 1.06 bits per heavy atom. The Labute approximate surface area is 194 Å². The van der Waals surface area contributed by atoms with Gasteiger partial charge < -0.3 is 14.8 Å². The van der Waals surface area contributed by atoms with Crippen molar-refractivity contribution in [1.29, 1.82) is 0 Å². The first-order valence-electron chi connectivity index (χ1n) is 9.69. The summed E-state index contributed by atoms with van der Waals surface area (Å²) in [7, 11) is 1.33. The van der Waals surface area contributed by atoms with Gasteiger partial charge in [-0.3, -0.25) is 4.79 Å². The van der Waals surface area contributed by atoms with Gasteiger partial charge in [0.05, 0.1) is 7.11 Å². The first-order chi connectivity index (χ1) is 14.7. The van der Waals surface area contributed by atoms with Crippen molar-refractivity contribution in [3.8, 4) is 16.9 Å². The van der Waals surface area contributed by atoms with Crippen LogP contribution in [-0.2, 0) is 9.53 Å². The number of benzene rings is 2. The predicted molar refractivity (Wildman–Crippen MR) is 128 cm³/mol. The highest BCUT2D eigenvalue weighted by atomic mass is 79.9. The SMILES string of the molecule is COC(=O)c1c(NC(=O)COc2cc(C)cc(C)c2C)sc(C)c1-c1ccc(Br)cc1. The van der Waals surface area contributed by atoms with Crippen LogP contribution in [0, 0.1) is 27.7 Å². The average Bonchev–Trinajstić information content (AvgIpc) is 3.05.